The number of non-ortho nitro benzene ring substituents is 1. The first-order chi connectivity index (χ1) is 14.8. The van der Waals surface area contributed by atoms with E-state index in [9.17, 15) is 28.5 Å². The van der Waals surface area contributed by atoms with Gasteiger partial charge < -0.3 is 9.47 Å². The molecule has 0 saturated carbocycles. The van der Waals surface area contributed by atoms with Gasteiger partial charge in [-0.15, -0.1) is 11.3 Å². The van der Waals surface area contributed by atoms with Crippen molar-refractivity contribution in [1.82, 2.24) is 4.98 Å². The summed E-state index contributed by atoms with van der Waals surface area (Å²) in [6.07, 6.45) is 0. The maximum absolute atomic E-state index is 12.6. The van der Waals surface area contributed by atoms with E-state index >= 15 is 0 Å². The van der Waals surface area contributed by atoms with Gasteiger partial charge in [0.05, 0.1) is 23.3 Å². The Morgan fingerprint density at radius 3 is 2.58 bits per heavy atom. The fourth-order valence-electron chi connectivity index (χ4n) is 2.58. The molecule has 0 atom stereocenters. The van der Waals surface area contributed by atoms with E-state index in [0.717, 1.165) is 36.6 Å². The predicted molar refractivity (Wildman–Crippen MR) is 107 cm³/mol. The molecule has 0 fully saturated rings. The summed E-state index contributed by atoms with van der Waals surface area (Å²) < 4.78 is 34.2. The van der Waals surface area contributed by atoms with Crippen LogP contribution in [0.25, 0.3) is 11.3 Å². The van der Waals surface area contributed by atoms with Crippen LogP contribution in [0.4, 0.5) is 19.6 Å². The lowest BCUT2D eigenvalue weighted by atomic mass is 10.1. The molecule has 0 aliphatic rings. The number of thiazole rings is 1. The van der Waals surface area contributed by atoms with Crippen LogP contribution in [0, 0.1) is 10.1 Å². The van der Waals surface area contributed by atoms with E-state index in [-0.39, 0.29) is 27.7 Å². The number of nitrogens with one attached hydrogen (secondary N) is 1. The van der Waals surface area contributed by atoms with Crippen LogP contribution in [0.2, 0.25) is 0 Å². The van der Waals surface area contributed by atoms with Crippen LogP contribution in [0.15, 0.2) is 47.8 Å². The Morgan fingerprint density at radius 1 is 1.19 bits per heavy atom. The highest BCUT2D eigenvalue weighted by atomic mass is 32.1. The van der Waals surface area contributed by atoms with Crippen molar-refractivity contribution in [2.24, 2.45) is 0 Å². The van der Waals surface area contributed by atoms with E-state index in [1.165, 1.54) is 23.6 Å². The maximum Gasteiger partial charge on any atom is 0.387 e. The van der Waals surface area contributed by atoms with E-state index in [0.29, 0.717) is 5.56 Å². The number of nitro benzene ring substituents is 1. The molecule has 1 heterocycles. The highest BCUT2D eigenvalue weighted by Crippen LogP contribution is 2.33. The van der Waals surface area contributed by atoms with Crippen molar-refractivity contribution in [3.8, 4) is 17.0 Å². The Morgan fingerprint density at radius 2 is 1.90 bits per heavy atom. The first-order valence-corrected chi connectivity index (χ1v) is 9.35. The second-order valence-electron chi connectivity index (χ2n) is 5.88. The van der Waals surface area contributed by atoms with Gasteiger partial charge >= 0.3 is 12.6 Å². The molecule has 3 rings (SSSR count). The number of aromatic nitrogens is 1. The molecule has 12 heteroatoms. The number of halogens is 2. The topological polar surface area (TPSA) is 121 Å². The predicted octanol–water partition coefficient (Wildman–Crippen LogP) is 4.36. The van der Waals surface area contributed by atoms with Gasteiger partial charge in [0.15, 0.2) is 5.13 Å². The Bertz CT molecular complexity index is 1150. The highest BCUT2D eigenvalue weighted by molar-refractivity contribution is 7.14. The second-order valence-corrected chi connectivity index (χ2v) is 6.74. The lowest BCUT2D eigenvalue weighted by Crippen LogP contribution is -2.14. The van der Waals surface area contributed by atoms with E-state index in [2.05, 4.69) is 19.8 Å². The zero-order valence-corrected chi connectivity index (χ0v) is 16.5. The third kappa shape index (κ3) is 5.17. The van der Waals surface area contributed by atoms with Crippen molar-refractivity contribution >= 4 is 34.0 Å². The first kappa shape index (κ1) is 21.8. The number of methoxy groups -OCH3 is 1. The summed E-state index contributed by atoms with van der Waals surface area (Å²) in [6.45, 7) is -3.02. The van der Waals surface area contributed by atoms with Crippen LogP contribution in [0.5, 0.6) is 5.75 Å². The monoisotopic (exact) mass is 449 g/mol. The smallest absolute Gasteiger partial charge is 0.387 e. The number of rotatable bonds is 7. The quantitative estimate of drug-likeness (QED) is 0.323. The SMILES string of the molecule is COC(=O)c1cc(C(=O)Nc2nc(-c3ccccc3OC(F)F)cs2)cc([N+](=O)[O-])c1. The minimum atomic E-state index is -3.02. The molecule has 1 aromatic heterocycles. The number of benzene rings is 2. The van der Waals surface area contributed by atoms with Crippen molar-refractivity contribution in [3.63, 3.8) is 0 Å². The summed E-state index contributed by atoms with van der Waals surface area (Å²) in [5, 5.41) is 15.2. The number of alkyl halides is 2. The molecule has 0 unspecified atom stereocenters. The van der Waals surface area contributed by atoms with Crippen LogP contribution >= 0.6 is 11.3 Å². The molecule has 31 heavy (non-hydrogen) atoms. The fraction of sp³-hybridized carbons (Fsp3) is 0.105. The number of hydrogen-bond acceptors (Lipinski definition) is 8. The van der Waals surface area contributed by atoms with Crippen LogP contribution in [0.1, 0.15) is 20.7 Å². The van der Waals surface area contributed by atoms with Gasteiger partial charge in [-0.05, 0) is 18.2 Å². The number of nitrogens with zero attached hydrogens (tertiary/aromatic N) is 2. The van der Waals surface area contributed by atoms with Gasteiger partial charge in [0, 0.05) is 28.6 Å². The number of ether oxygens (including phenoxy) is 2. The van der Waals surface area contributed by atoms with Gasteiger partial charge in [-0.2, -0.15) is 8.78 Å². The zero-order chi connectivity index (χ0) is 22.5. The van der Waals surface area contributed by atoms with Crippen LogP contribution < -0.4 is 10.1 Å². The van der Waals surface area contributed by atoms with E-state index in [1.54, 1.807) is 6.07 Å². The molecule has 160 valence electrons. The summed E-state index contributed by atoms with van der Waals surface area (Å²) in [5.74, 6) is -1.68. The fourth-order valence-corrected chi connectivity index (χ4v) is 3.29. The maximum atomic E-state index is 12.6. The van der Waals surface area contributed by atoms with E-state index in [4.69, 9.17) is 0 Å². The van der Waals surface area contributed by atoms with Gasteiger partial charge in [-0.25, -0.2) is 9.78 Å². The normalized spacial score (nSPS) is 10.6. The number of hydrogen-bond donors (Lipinski definition) is 1. The average Bonchev–Trinajstić information content (AvgIpc) is 3.20. The standard InChI is InChI=1S/C19H13F2N3O6S/c1-29-17(26)11-6-10(7-12(8-11)24(27)28)16(25)23-19-22-14(9-31-19)13-4-2-3-5-15(13)30-18(20)21/h2-9,18H,1H3,(H,22,23,25). The molecule has 0 radical (unpaired) electrons. The summed E-state index contributed by atoms with van der Waals surface area (Å²) >= 11 is 1.01. The van der Waals surface area contributed by atoms with Gasteiger partial charge in [0.2, 0.25) is 0 Å². The number of carbonyl (C=O) groups is 2. The third-order valence-corrected chi connectivity index (χ3v) is 4.67. The molecular weight excluding hydrogens is 436 g/mol. The van der Waals surface area contributed by atoms with Gasteiger partial charge in [-0.3, -0.25) is 20.2 Å². The summed E-state index contributed by atoms with van der Waals surface area (Å²) in [5.41, 5.74) is -0.216. The van der Waals surface area contributed by atoms with Crippen LogP contribution in [-0.2, 0) is 4.74 Å². The van der Waals surface area contributed by atoms with Crippen molar-refractivity contribution in [3.05, 3.63) is 69.1 Å². The van der Waals surface area contributed by atoms with E-state index in [1.807, 2.05) is 0 Å². The molecule has 0 spiro atoms. The molecule has 2 aromatic carbocycles. The molecular formula is C19H13F2N3O6S. The molecule has 0 bridgehead atoms. The minimum Gasteiger partial charge on any atom is -0.465 e. The molecule has 3 aromatic rings. The Hall–Kier alpha value is -3.93. The number of para-hydroxylation sites is 1. The molecule has 1 N–H and O–H groups in total. The Balaban J connectivity index is 1.86. The molecule has 0 saturated heterocycles. The van der Waals surface area contributed by atoms with Crippen molar-refractivity contribution < 1.29 is 32.8 Å². The number of nitro groups is 1. The van der Waals surface area contributed by atoms with Crippen molar-refractivity contribution in [1.29, 1.82) is 0 Å². The van der Waals surface area contributed by atoms with Gasteiger partial charge in [0.25, 0.3) is 11.6 Å². The van der Waals surface area contributed by atoms with Crippen molar-refractivity contribution in [2.75, 3.05) is 12.4 Å². The zero-order valence-electron chi connectivity index (χ0n) is 15.7. The number of esters is 1. The summed E-state index contributed by atoms with van der Waals surface area (Å²) in [4.78, 5) is 38.9. The number of carbonyl (C=O) groups excluding carboxylic acids is 2. The largest absolute Gasteiger partial charge is 0.465 e. The molecule has 1 amide bonds. The molecule has 0 aliphatic carbocycles. The van der Waals surface area contributed by atoms with E-state index < -0.39 is 29.1 Å². The minimum absolute atomic E-state index is 0.0814. The second kappa shape index (κ2) is 9.26. The lowest BCUT2D eigenvalue weighted by molar-refractivity contribution is -0.384. The first-order valence-electron chi connectivity index (χ1n) is 8.47. The van der Waals surface area contributed by atoms with Crippen molar-refractivity contribution in [2.45, 2.75) is 6.61 Å². The summed E-state index contributed by atoms with van der Waals surface area (Å²) in [7, 11) is 1.10. The van der Waals surface area contributed by atoms with Crippen LogP contribution in [0.3, 0.4) is 0 Å². The highest BCUT2D eigenvalue weighted by Gasteiger charge is 2.20. The lowest BCUT2D eigenvalue weighted by Gasteiger charge is -2.08. The average molecular weight is 449 g/mol. The number of amides is 1. The van der Waals surface area contributed by atoms with Gasteiger partial charge in [-0.1, -0.05) is 12.1 Å². The summed E-state index contributed by atoms with van der Waals surface area (Å²) in [6, 6.07) is 9.17. The van der Waals surface area contributed by atoms with Gasteiger partial charge in [0.1, 0.15) is 5.75 Å². The number of anilines is 1. The Labute approximate surface area is 177 Å². The molecule has 9 nitrogen and oxygen atoms in total. The Kier molecular flexibility index (Phi) is 6.50. The van der Waals surface area contributed by atoms with Crippen LogP contribution in [-0.4, -0.2) is 35.5 Å². The third-order valence-electron chi connectivity index (χ3n) is 3.92. The molecule has 0 aliphatic heterocycles.